The Hall–Kier alpha value is -1.31. The van der Waals surface area contributed by atoms with E-state index in [0.29, 0.717) is 19.0 Å². The van der Waals surface area contributed by atoms with E-state index in [0.717, 1.165) is 4.47 Å². The quantitative estimate of drug-likeness (QED) is 0.901. The number of alkyl halides is 2. The molecule has 1 aliphatic heterocycles. The van der Waals surface area contributed by atoms with Crippen LogP contribution in [0.1, 0.15) is 0 Å². The Morgan fingerprint density at radius 2 is 2.11 bits per heavy atom. The van der Waals surface area contributed by atoms with Crippen molar-refractivity contribution in [1.82, 2.24) is 15.3 Å². The minimum absolute atomic E-state index is 0.268. The lowest BCUT2D eigenvalue weighted by Gasteiger charge is -2.38. The van der Waals surface area contributed by atoms with Gasteiger partial charge in [0.1, 0.15) is 0 Å². The Morgan fingerprint density at radius 3 is 2.67 bits per heavy atom. The van der Waals surface area contributed by atoms with Crippen LogP contribution in [0.15, 0.2) is 16.9 Å². The average molecular weight is 321 g/mol. The van der Waals surface area contributed by atoms with E-state index in [-0.39, 0.29) is 11.8 Å². The molecular weight excluding hydrogens is 310 g/mol. The van der Waals surface area contributed by atoms with Crippen molar-refractivity contribution in [3.8, 4) is 0 Å². The number of carbonyl (C=O) groups excluding carboxylic acids is 1. The SMILES string of the molecule is O=C(NCC(F)F)C1CN(c2ncc(Br)cn2)C1. The minimum atomic E-state index is -2.51. The molecule has 0 atom stereocenters. The van der Waals surface area contributed by atoms with Crippen molar-refractivity contribution in [3.05, 3.63) is 16.9 Å². The molecule has 0 aromatic carbocycles. The predicted octanol–water partition coefficient (Wildman–Crippen LogP) is 1.06. The lowest BCUT2D eigenvalue weighted by atomic mass is 10.00. The van der Waals surface area contributed by atoms with Gasteiger partial charge in [-0.1, -0.05) is 0 Å². The number of nitrogens with one attached hydrogen (secondary N) is 1. The van der Waals surface area contributed by atoms with Gasteiger partial charge in [-0.3, -0.25) is 4.79 Å². The third-order valence-corrected chi connectivity index (χ3v) is 2.98. The van der Waals surface area contributed by atoms with Crippen LogP contribution in [0.2, 0.25) is 0 Å². The third-order valence-electron chi connectivity index (χ3n) is 2.57. The van der Waals surface area contributed by atoms with Crippen LogP contribution in [0.5, 0.6) is 0 Å². The van der Waals surface area contributed by atoms with Gasteiger partial charge in [0, 0.05) is 25.5 Å². The summed E-state index contributed by atoms with van der Waals surface area (Å²) in [4.78, 5) is 21.4. The van der Waals surface area contributed by atoms with Crippen LogP contribution in [-0.2, 0) is 4.79 Å². The summed E-state index contributed by atoms with van der Waals surface area (Å²) in [5.41, 5.74) is 0. The number of hydrogen-bond acceptors (Lipinski definition) is 4. The summed E-state index contributed by atoms with van der Waals surface area (Å²) in [6.07, 6.45) is 0.721. The fourth-order valence-corrected chi connectivity index (χ4v) is 1.80. The van der Waals surface area contributed by atoms with Gasteiger partial charge < -0.3 is 10.2 Å². The summed E-state index contributed by atoms with van der Waals surface area (Å²) in [7, 11) is 0. The summed E-state index contributed by atoms with van der Waals surface area (Å²) >= 11 is 3.22. The molecule has 1 aromatic heterocycles. The van der Waals surface area contributed by atoms with E-state index in [1.807, 2.05) is 4.90 Å². The van der Waals surface area contributed by atoms with Crippen molar-refractivity contribution in [1.29, 1.82) is 0 Å². The third kappa shape index (κ3) is 3.12. The van der Waals surface area contributed by atoms with Crippen LogP contribution in [0.4, 0.5) is 14.7 Å². The molecule has 1 saturated heterocycles. The Bertz CT molecular complexity index is 422. The highest BCUT2D eigenvalue weighted by molar-refractivity contribution is 9.10. The lowest BCUT2D eigenvalue weighted by Crippen LogP contribution is -2.54. The van der Waals surface area contributed by atoms with E-state index >= 15 is 0 Å². The Labute approximate surface area is 111 Å². The van der Waals surface area contributed by atoms with Crippen LogP contribution in [0, 0.1) is 5.92 Å². The highest BCUT2D eigenvalue weighted by atomic mass is 79.9. The smallest absolute Gasteiger partial charge is 0.255 e. The molecule has 18 heavy (non-hydrogen) atoms. The number of nitrogens with zero attached hydrogens (tertiary/aromatic N) is 3. The van der Waals surface area contributed by atoms with Gasteiger partial charge in [0.2, 0.25) is 11.9 Å². The molecule has 0 bridgehead atoms. The standard InChI is InChI=1S/C10H11BrF2N4O/c11-7-1-15-10(16-2-7)17-4-6(5-17)9(18)14-3-8(12)13/h1-2,6,8H,3-5H2,(H,14,18). The van der Waals surface area contributed by atoms with Crippen molar-refractivity contribution in [2.75, 3.05) is 24.5 Å². The van der Waals surface area contributed by atoms with E-state index in [1.165, 1.54) is 0 Å². The van der Waals surface area contributed by atoms with Gasteiger partial charge in [0.25, 0.3) is 6.43 Å². The van der Waals surface area contributed by atoms with Gasteiger partial charge in [-0.25, -0.2) is 18.7 Å². The van der Waals surface area contributed by atoms with Crippen molar-refractivity contribution >= 4 is 27.8 Å². The summed E-state index contributed by atoms with van der Waals surface area (Å²) < 4.78 is 24.6. The second-order valence-corrected chi connectivity index (χ2v) is 4.86. The molecule has 2 rings (SSSR count). The number of aromatic nitrogens is 2. The average Bonchev–Trinajstić information content (AvgIpc) is 2.27. The summed E-state index contributed by atoms with van der Waals surface area (Å²) in [6.45, 7) is 0.317. The second kappa shape index (κ2) is 5.55. The van der Waals surface area contributed by atoms with Crippen molar-refractivity contribution < 1.29 is 13.6 Å². The van der Waals surface area contributed by atoms with Gasteiger partial charge in [-0.15, -0.1) is 0 Å². The maximum absolute atomic E-state index is 11.9. The molecule has 0 spiro atoms. The highest BCUT2D eigenvalue weighted by Crippen LogP contribution is 2.21. The number of rotatable bonds is 4. The minimum Gasteiger partial charge on any atom is -0.350 e. The highest BCUT2D eigenvalue weighted by Gasteiger charge is 2.34. The molecule has 0 aliphatic carbocycles. The first-order valence-corrected chi connectivity index (χ1v) is 6.14. The lowest BCUT2D eigenvalue weighted by molar-refractivity contribution is -0.126. The van der Waals surface area contributed by atoms with Crippen LogP contribution in [0.3, 0.4) is 0 Å². The summed E-state index contributed by atoms with van der Waals surface area (Å²) in [6, 6.07) is 0. The van der Waals surface area contributed by atoms with Gasteiger partial charge >= 0.3 is 0 Å². The largest absolute Gasteiger partial charge is 0.350 e. The zero-order valence-corrected chi connectivity index (χ0v) is 10.9. The number of amides is 1. The first-order chi connectivity index (χ1) is 8.56. The van der Waals surface area contributed by atoms with Crippen molar-refractivity contribution in [3.63, 3.8) is 0 Å². The Balaban J connectivity index is 1.79. The Kier molecular flexibility index (Phi) is 4.05. The summed E-state index contributed by atoms with van der Waals surface area (Å²) in [5, 5.41) is 2.20. The van der Waals surface area contributed by atoms with E-state index in [1.54, 1.807) is 12.4 Å². The van der Waals surface area contributed by atoms with Crippen LogP contribution in [-0.4, -0.2) is 41.9 Å². The molecule has 1 N–H and O–H groups in total. The topological polar surface area (TPSA) is 58.1 Å². The number of anilines is 1. The van der Waals surface area contributed by atoms with E-state index in [2.05, 4.69) is 31.2 Å². The molecule has 1 fully saturated rings. The van der Waals surface area contributed by atoms with Crippen molar-refractivity contribution in [2.45, 2.75) is 6.43 Å². The molecule has 98 valence electrons. The first-order valence-electron chi connectivity index (χ1n) is 5.34. The molecule has 2 heterocycles. The van der Waals surface area contributed by atoms with E-state index < -0.39 is 13.0 Å². The van der Waals surface area contributed by atoms with Gasteiger partial charge in [-0.2, -0.15) is 0 Å². The normalized spacial score (nSPS) is 15.7. The maximum atomic E-state index is 11.9. The monoisotopic (exact) mass is 320 g/mol. The zero-order chi connectivity index (χ0) is 13.1. The number of halogens is 3. The number of hydrogen-bond donors (Lipinski definition) is 1. The molecule has 1 aromatic rings. The molecule has 5 nitrogen and oxygen atoms in total. The molecule has 8 heteroatoms. The maximum Gasteiger partial charge on any atom is 0.255 e. The van der Waals surface area contributed by atoms with Gasteiger partial charge in [-0.05, 0) is 15.9 Å². The second-order valence-electron chi connectivity index (χ2n) is 3.94. The van der Waals surface area contributed by atoms with E-state index in [9.17, 15) is 13.6 Å². The molecule has 0 saturated carbocycles. The van der Waals surface area contributed by atoms with Gasteiger partial charge in [0.15, 0.2) is 0 Å². The first kappa shape index (κ1) is 13.1. The van der Waals surface area contributed by atoms with Crippen LogP contribution >= 0.6 is 15.9 Å². The molecule has 0 unspecified atom stereocenters. The summed E-state index contributed by atoms with van der Waals surface area (Å²) in [5.74, 6) is -0.0734. The fourth-order valence-electron chi connectivity index (χ4n) is 1.60. The van der Waals surface area contributed by atoms with Crippen LogP contribution < -0.4 is 10.2 Å². The van der Waals surface area contributed by atoms with E-state index in [4.69, 9.17) is 0 Å². The molecular formula is C10H11BrF2N4O. The Morgan fingerprint density at radius 1 is 1.50 bits per heavy atom. The molecule has 1 amide bonds. The van der Waals surface area contributed by atoms with Gasteiger partial charge in [0.05, 0.1) is 16.9 Å². The zero-order valence-electron chi connectivity index (χ0n) is 9.31. The number of carbonyl (C=O) groups is 1. The fraction of sp³-hybridized carbons (Fsp3) is 0.500. The van der Waals surface area contributed by atoms with Crippen molar-refractivity contribution in [2.24, 2.45) is 5.92 Å². The molecule has 1 aliphatic rings. The predicted molar refractivity (Wildman–Crippen MR) is 64.4 cm³/mol. The molecule has 0 radical (unpaired) electrons. The van der Waals surface area contributed by atoms with Crippen LogP contribution in [0.25, 0.3) is 0 Å².